The Balaban J connectivity index is 1.51. The maximum Gasteiger partial charge on any atom is 0.249 e. The van der Waals surface area contributed by atoms with E-state index in [0.717, 1.165) is 28.4 Å². The monoisotopic (exact) mass is 308 g/mol. The van der Waals surface area contributed by atoms with Crippen LogP contribution in [0.2, 0.25) is 0 Å². The number of thiophene rings is 1. The van der Waals surface area contributed by atoms with Gasteiger partial charge in [-0.05, 0) is 24.3 Å². The fourth-order valence-electron chi connectivity index (χ4n) is 2.26. The van der Waals surface area contributed by atoms with Crippen LogP contribution in [-0.4, -0.2) is 17.0 Å². The zero-order valence-electron chi connectivity index (χ0n) is 11.0. The van der Waals surface area contributed by atoms with E-state index in [0.29, 0.717) is 0 Å². The van der Waals surface area contributed by atoms with Crippen LogP contribution in [0.1, 0.15) is 31.4 Å². The average Bonchev–Trinajstić information content (AvgIpc) is 3.18. The maximum absolute atomic E-state index is 11.8. The van der Waals surface area contributed by atoms with Crippen molar-refractivity contribution in [3.05, 3.63) is 28.6 Å². The van der Waals surface area contributed by atoms with Crippen LogP contribution < -0.4 is 5.48 Å². The van der Waals surface area contributed by atoms with Crippen molar-refractivity contribution in [2.24, 2.45) is 0 Å². The third-order valence-corrected chi connectivity index (χ3v) is 5.20. The van der Waals surface area contributed by atoms with Gasteiger partial charge in [0.25, 0.3) is 0 Å². The Labute approximate surface area is 125 Å². The first kappa shape index (κ1) is 13.7. The molecule has 0 saturated heterocycles. The normalized spacial score (nSPS) is 15.6. The van der Waals surface area contributed by atoms with Crippen LogP contribution in [-0.2, 0) is 16.1 Å². The van der Waals surface area contributed by atoms with Crippen LogP contribution in [0.4, 0.5) is 0 Å². The number of aromatic nitrogens is 1. The Hall–Kier alpha value is -1.24. The second-order valence-electron chi connectivity index (χ2n) is 4.85. The molecule has 6 heteroatoms. The highest BCUT2D eigenvalue weighted by Crippen LogP contribution is 2.27. The summed E-state index contributed by atoms with van der Waals surface area (Å²) in [4.78, 5) is 22.8. The van der Waals surface area contributed by atoms with Crippen LogP contribution in [0, 0.1) is 0 Å². The molecule has 2 aromatic rings. The number of rotatable bonds is 5. The maximum atomic E-state index is 11.8. The van der Waals surface area contributed by atoms with E-state index in [-0.39, 0.29) is 18.4 Å². The topological polar surface area (TPSA) is 51.2 Å². The van der Waals surface area contributed by atoms with Crippen LogP contribution in [0.25, 0.3) is 9.88 Å². The molecule has 1 aliphatic carbocycles. The molecule has 0 atom stereocenters. The van der Waals surface area contributed by atoms with E-state index in [9.17, 15) is 4.79 Å². The number of nitrogens with one attached hydrogen (secondary N) is 1. The molecule has 4 nitrogen and oxygen atoms in total. The number of carbonyl (C=O) groups excluding carboxylic acids is 1. The van der Waals surface area contributed by atoms with Crippen molar-refractivity contribution in [2.45, 2.75) is 38.2 Å². The van der Waals surface area contributed by atoms with Gasteiger partial charge >= 0.3 is 0 Å². The number of nitrogens with zero attached hydrogens (tertiary/aromatic N) is 1. The van der Waals surface area contributed by atoms with Crippen molar-refractivity contribution < 1.29 is 9.63 Å². The molecule has 0 unspecified atom stereocenters. The van der Waals surface area contributed by atoms with Gasteiger partial charge in [0, 0.05) is 5.38 Å². The van der Waals surface area contributed by atoms with Crippen molar-refractivity contribution >= 4 is 28.6 Å². The molecular formula is C14H16N2O2S2. The summed E-state index contributed by atoms with van der Waals surface area (Å²) in [6.45, 7) is 0. The Kier molecular flexibility index (Phi) is 4.44. The van der Waals surface area contributed by atoms with Crippen molar-refractivity contribution in [3.8, 4) is 9.88 Å². The Morgan fingerprint density at radius 3 is 3.00 bits per heavy atom. The van der Waals surface area contributed by atoms with Gasteiger partial charge in [0.1, 0.15) is 5.01 Å². The molecule has 0 aromatic carbocycles. The van der Waals surface area contributed by atoms with Crippen molar-refractivity contribution in [1.82, 2.24) is 10.5 Å². The third kappa shape index (κ3) is 3.45. The summed E-state index contributed by atoms with van der Waals surface area (Å²) in [7, 11) is 0. The molecule has 1 aliphatic rings. The van der Waals surface area contributed by atoms with Gasteiger partial charge in [0.15, 0.2) is 0 Å². The number of carbonyl (C=O) groups is 1. The van der Waals surface area contributed by atoms with E-state index in [1.165, 1.54) is 12.8 Å². The summed E-state index contributed by atoms with van der Waals surface area (Å²) in [5, 5.41) is 4.93. The molecule has 1 fully saturated rings. The smallest absolute Gasteiger partial charge is 0.249 e. The summed E-state index contributed by atoms with van der Waals surface area (Å²) in [5.41, 5.74) is 3.34. The first-order valence-electron chi connectivity index (χ1n) is 6.74. The Morgan fingerprint density at radius 2 is 2.25 bits per heavy atom. The van der Waals surface area contributed by atoms with Gasteiger partial charge in [0.05, 0.1) is 23.1 Å². The third-order valence-electron chi connectivity index (χ3n) is 3.27. The molecule has 1 N–H and O–H groups in total. The van der Waals surface area contributed by atoms with Gasteiger partial charge in [-0.25, -0.2) is 10.5 Å². The summed E-state index contributed by atoms with van der Waals surface area (Å²) in [5.74, 6) is -0.125. The van der Waals surface area contributed by atoms with Crippen molar-refractivity contribution in [3.63, 3.8) is 0 Å². The van der Waals surface area contributed by atoms with E-state index in [1.54, 1.807) is 22.7 Å². The van der Waals surface area contributed by atoms with Crippen LogP contribution in [0.5, 0.6) is 0 Å². The SMILES string of the molecule is O=C(Cc1csc(-c2cccs2)n1)NOC1CCCC1. The molecule has 1 saturated carbocycles. The molecular weight excluding hydrogens is 292 g/mol. The fraction of sp³-hybridized carbons (Fsp3) is 0.429. The molecule has 0 bridgehead atoms. The van der Waals surface area contributed by atoms with E-state index >= 15 is 0 Å². The first-order chi connectivity index (χ1) is 9.81. The number of amides is 1. The van der Waals surface area contributed by atoms with Gasteiger partial charge < -0.3 is 0 Å². The van der Waals surface area contributed by atoms with Gasteiger partial charge in [-0.3, -0.25) is 9.63 Å². The molecule has 1 amide bonds. The number of hydrogen-bond acceptors (Lipinski definition) is 5. The van der Waals surface area contributed by atoms with E-state index in [2.05, 4.69) is 10.5 Å². The summed E-state index contributed by atoms with van der Waals surface area (Å²) in [6, 6.07) is 4.04. The molecule has 0 aliphatic heterocycles. The number of thiazole rings is 1. The Morgan fingerprint density at radius 1 is 1.40 bits per heavy atom. The van der Waals surface area contributed by atoms with E-state index < -0.39 is 0 Å². The van der Waals surface area contributed by atoms with E-state index in [4.69, 9.17) is 4.84 Å². The molecule has 2 aromatic heterocycles. The molecule has 0 radical (unpaired) electrons. The van der Waals surface area contributed by atoms with Crippen molar-refractivity contribution in [1.29, 1.82) is 0 Å². The van der Waals surface area contributed by atoms with Gasteiger partial charge in [0.2, 0.25) is 5.91 Å². The molecule has 106 valence electrons. The predicted octanol–water partition coefficient (Wildman–Crippen LogP) is 3.40. The lowest BCUT2D eigenvalue weighted by Crippen LogP contribution is -2.29. The highest BCUT2D eigenvalue weighted by molar-refractivity contribution is 7.20. The van der Waals surface area contributed by atoms with Crippen molar-refractivity contribution in [2.75, 3.05) is 0 Å². The highest BCUT2D eigenvalue weighted by atomic mass is 32.1. The minimum absolute atomic E-state index is 0.125. The largest absolute Gasteiger partial charge is 0.272 e. The summed E-state index contributed by atoms with van der Waals surface area (Å²) >= 11 is 3.23. The van der Waals surface area contributed by atoms with Crippen LogP contribution >= 0.6 is 22.7 Å². The van der Waals surface area contributed by atoms with Gasteiger partial charge in [-0.2, -0.15) is 0 Å². The second-order valence-corrected chi connectivity index (χ2v) is 6.65. The lowest BCUT2D eigenvalue weighted by molar-refractivity contribution is -0.137. The highest BCUT2D eigenvalue weighted by Gasteiger charge is 2.17. The average molecular weight is 308 g/mol. The zero-order chi connectivity index (χ0) is 13.8. The van der Waals surface area contributed by atoms with E-state index in [1.807, 2.05) is 22.9 Å². The minimum atomic E-state index is -0.125. The first-order valence-corrected chi connectivity index (χ1v) is 8.50. The molecule has 2 heterocycles. The van der Waals surface area contributed by atoms with Gasteiger partial charge in [-0.15, -0.1) is 22.7 Å². The molecule has 0 spiro atoms. The standard InChI is InChI=1S/C14H16N2O2S2/c17-13(16-18-11-4-1-2-5-11)8-10-9-20-14(15-10)12-6-3-7-19-12/h3,6-7,9,11H,1-2,4-5,8H2,(H,16,17). The second kappa shape index (κ2) is 6.47. The fourth-order valence-corrected chi connectivity index (χ4v) is 3.89. The minimum Gasteiger partial charge on any atom is -0.272 e. The predicted molar refractivity (Wildman–Crippen MR) is 80.6 cm³/mol. The van der Waals surface area contributed by atoms with Crippen LogP contribution in [0.3, 0.4) is 0 Å². The quantitative estimate of drug-likeness (QED) is 0.861. The Bertz CT molecular complexity index is 560. The number of hydrogen-bond donors (Lipinski definition) is 1. The molecule has 3 rings (SSSR count). The van der Waals surface area contributed by atoms with Gasteiger partial charge in [-0.1, -0.05) is 18.9 Å². The molecule has 20 heavy (non-hydrogen) atoms. The summed E-state index contributed by atoms with van der Waals surface area (Å²) < 4.78 is 0. The zero-order valence-corrected chi connectivity index (χ0v) is 12.6. The number of hydroxylamine groups is 1. The summed E-state index contributed by atoms with van der Waals surface area (Å²) in [6.07, 6.45) is 4.93. The lowest BCUT2D eigenvalue weighted by Gasteiger charge is -2.10. The lowest BCUT2D eigenvalue weighted by atomic mass is 10.3. The van der Waals surface area contributed by atoms with Crippen LogP contribution in [0.15, 0.2) is 22.9 Å².